The van der Waals surface area contributed by atoms with E-state index in [0.29, 0.717) is 38.9 Å². The molecule has 0 amide bonds. The second-order valence-corrected chi connectivity index (χ2v) is 11.5. The number of hydrogen-bond acceptors (Lipinski definition) is 7. The molecule has 0 spiro atoms. The van der Waals surface area contributed by atoms with Gasteiger partial charge in [0.05, 0.1) is 16.8 Å². The zero-order chi connectivity index (χ0) is 32.2. The van der Waals surface area contributed by atoms with Crippen molar-refractivity contribution < 1.29 is 13.9 Å². The fourth-order valence-electron chi connectivity index (χ4n) is 5.01. The molecule has 0 aliphatic rings. The third-order valence-electron chi connectivity index (χ3n) is 7.32. The second kappa shape index (κ2) is 13.2. The maximum absolute atomic E-state index is 14.2. The Morgan fingerprint density at radius 2 is 1.66 bits per heavy atom. The normalized spacial score (nSPS) is 11.9. The molecule has 0 unspecified atom stereocenters. The third kappa shape index (κ3) is 6.58. The van der Waals surface area contributed by atoms with Crippen LogP contribution >= 0.6 is 11.3 Å². The van der Waals surface area contributed by atoms with Gasteiger partial charge < -0.3 is 9.47 Å². The van der Waals surface area contributed by atoms with Crippen LogP contribution in [0.2, 0.25) is 0 Å². The first kappa shape index (κ1) is 29.8. The Bertz CT molecular complexity index is 2310. The average Bonchev–Trinajstić information content (AvgIpc) is 3.79. The summed E-state index contributed by atoms with van der Waals surface area (Å²) < 4.78 is 29.2. The van der Waals surface area contributed by atoms with Gasteiger partial charge >= 0.3 is 0 Å². The van der Waals surface area contributed by atoms with E-state index >= 15 is 0 Å². The number of fused-ring (bicyclic) bond motifs is 1. The van der Waals surface area contributed by atoms with Crippen molar-refractivity contribution in [2.45, 2.75) is 13.5 Å². The minimum Gasteiger partial charge on any atom is -0.494 e. The van der Waals surface area contributed by atoms with Gasteiger partial charge in [0.15, 0.2) is 5.82 Å². The molecule has 0 fully saturated rings. The van der Waals surface area contributed by atoms with Gasteiger partial charge in [-0.1, -0.05) is 78.1 Å². The van der Waals surface area contributed by atoms with Crippen LogP contribution in [0.3, 0.4) is 0 Å². The predicted octanol–water partition coefficient (Wildman–Crippen LogP) is 6.84. The highest BCUT2D eigenvalue weighted by Gasteiger charge is 2.15. The largest absolute Gasteiger partial charge is 0.494 e. The van der Waals surface area contributed by atoms with Crippen LogP contribution in [0.5, 0.6) is 11.5 Å². The minimum absolute atomic E-state index is 0.0898. The Kier molecular flexibility index (Phi) is 8.40. The standard InChI is InChI=1S/C37H28FN5O3S/c1-2-45-30-18-15-25(16-19-30)17-20-34-39-37-43(40-34)36(44)33(47-37)22-28-23-42(29-11-4-3-5-12-29)41-35(28)26-10-8-13-31(21-26)46-24-27-9-6-7-14-32(27)38/h3-23H,2,24H2,1H3/b20-17+,33-22-. The zero-order valence-electron chi connectivity index (χ0n) is 25.3. The van der Waals surface area contributed by atoms with Gasteiger partial charge in [-0.3, -0.25) is 4.79 Å². The highest BCUT2D eigenvalue weighted by molar-refractivity contribution is 7.15. The molecule has 3 aromatic heterocycles. The lowest BCUT2D eigenvalue weighted by Crippen LogP contribution is -2.23. The molecular formula is C37H28FN5O3S. The molecule has 0 bridgehead atoms. The van der Waals surface area contributed by atoms with E-state index in [1.807, 2.05) is 104 Å². The van der Waals surface area contributed by atoms with Crippen molar-refractivity contribution in [3.05, 3.63) is 153 Å². The van der Waals surface area contributed by atoms with Crippen LogP contribution < -0.4 is 19.6 Å². The van der Waals surface area contributed by atoms with Crippen molar-refractivity contribution >= 4 is 34.5 Å². The molecule has 0 saturated heterocycles. The number of benzene rings is 4. The topological polar surface area (TPSA) is 83.5 Å². The van der Waals surface area contributed by atoms with Crippen LogP contribution in [0.15, 0.2) is 114 Å². The highest BCUT2D eigenvalue weighted by Crippen LogP contribution is 2.28. The Morgan fingerprint density at radius 1 is 0.851 bits per heavy atom. The first-order chi connectivity index (χ1) is 23.0. The van der Waals surface area contributed by atoms with Gasteiger partial charge in [0.25, 0.3) is 5.56 Å². The van der Waals surface area contributed by atoms with Crippen molar-refractivity contribution in [2.24, 2.45) is 0 Å². The Labute approximate surface area is 273 Å². The lowest BCUT2D eigenvalue weighted by Gasteiger charge is -2.08. The summed E-state index contributed by atoms with van der Waals surface area (Å²) in [4.78, 5) is 18.5. The maximum atomic E-state index is 14.2. The van der Waals surface area contributed by atoms with Gasteiger partial charge in [0, 0.05) is 22.9 Å². The summed E-state index contributed by atoms with van der Waals surface area (Å²) >= 11 is 1.26. The number of rotatable bonds is 10. The first-order valence-electron chi connectivity index (χ1n) is 15.0. The van der Waals surface area contributed by atoms with Gasteiger partial charge in [0.2, 0.25) is 4.96 Å². The van der Waals surface area contributed by atoms with Crippen LogP contribution in [0.25, 0.3) is 40.1 Å². The molecule has 7 rings (SSSR count). The number of thiazole rings is 1. The van der Waals surface area contributed by atoms with E-state index in [9.17, 15) is 9.18 Å². The molecule has 4 aromatic carbocycles. The van der Waals surface area contributed by atoms with Crippen LogP contribution in [-0.4, -0.2) is 31.0 Å². The van der Waals surface area contributed by atoms with E-state index in [0.717, 1.165) is 28.1 Å². The molecule has 7 aromatic rings. The van der Waals surface area contributed by atoms with Gasteiger partial charge in [-0.2, -0.15) is 14.6 Å². The minimum atomic E-state index is -0.317. The molecule has 0 N–H and O–H groups in total. The molecule has 0 saturated carbocycles. The number of para-hydroxylation sites is 1. The first-order valence-corrected chi connectivity index (χ1v) is 15.8. The fraction of sp³-hybridized carbons (Fsp3) is 0.0811. The summed E-state index contributed by atoms with van der Waals surface area (Å²) in [6.07, 6.45) is 7.37. The van der Waals surface area contributed by atoms with Crippen molar-refractivity contribution in [3.8, 4) is 28.4 Å². The molecular weight excluding hydrogens is 614 g/mol. The van der Waals surface area contributed by atoms with Crippen molar-refractivity contribution in [3.63, 3.8) is 0 Å². The van der Waals surface area contributed by atoms with E-state index in [4.69, 9.17) is 14.6 Å². The summed E-state index contributed by atoms with van der Waals surface area (Å²) in [6.45, 7) is 2.65. The number of hydrogen-bond donors (Lipinski definition) is 0. The van der Waals surface area contributed by atoms with Crippen LogP contribution in [0, 0.1) is 5.82 Å². The highest BCUT2D eigenvalue weighted by atomic mass is 32.1. The van der Waals surface area contributed by atoms with E-state index in [2.05, 4.69) is 10.1 Å². The van der Waals surface area contributed by atoms with E-state index in [1.165, 1.54) is 21.9 Å². The van der Waals surface area contributed by atoms with Crippen LogP contribution in [0.1, 0.15) is 29.4 Å². The number of halogens is 1. The second-order valence-electron chi connectivity index (χ2n) is 10.5. The van der Waals surface area contributed by atoms with Crippen molar-refractivity contribution in [1.82, 2.24) is 24.4 Å². The van der Waals surface area contributed by atoms with E-state index < -0.39 is 0 Å². The molecule has 0 atom stereocenters. The summed E-state index contributed by atoms with van der Waals surface area (Å²) in [5, 5.41) is 9.33. The molecule has 0 aliphatic heterocycles. The van der Waals surface area contributed by atoms with Crippen molar-refractivity contribution in [1.29, 1.82) is 0 Å². The lowest BCUT2D eigenvalue weighted by molar-refractivity contribution is 0.300. The van der Waals surface area contributed by atoms with Gasteiger partial charge in [-0.25, -0.2) is 9.07 Å². The Hall–Kier alpha value is -5.87. The monoisotopic (exact) mass is 641 g/mol. The van der Waals surface area contributed by atoms with Gasteiger partial charge in [-0.05, 0) is 67.1 Å². The number of ether oxygens (including phenoxy) is 2. The third-order valence-corrected chi connectivity index (χ3v) is 8.28. The zero-order valence-corrected chi connectivity index (χ0v) is 26.1. The summed E-state index contributed by atoms with van der Waals surface area (Å²) in [5.74, 6) is 1.50. The smallest absolute Gasteiger partial charge is 0.291 e. The van der Waals surface area contributed by atoms with E-state index in [1.54, 1.807) is 29.0 Å². The summed E-state index contributed by atoms with van der Waals surface area (Å²) in [6, 6.07) is 31.4. The maximum Gasteiger partial charge on any atom is 0.291 e. The molecule has 47 heavy (non-hydrogen) atoms. The van der Waals surface area contributed by atoms with Crippen LogP contribution in [-0.2, 0) is 6.61 Å². The van der Waals surface area contributed by atoms with Crippen molar-refractivity contribution in [2.75, 3.05) is 6.61 Å². The number of nitrogens with zero attached hydrogens (tertiary/aromatic N) is 5. The molecule has 3 heterocycles. The number of aromatic nitrogens is 5. The van der Waals surface area contributed by atoms with Crippen LogP contribution in [0.4, 0.5) is 4.39 Å². The van der Waals surface area contributed by atoms with Gasteiger partial charge in [0.1, 0.15) is 29.6 Å². The molecule has 0 radical (unpaired) electrons. The quantitative estimate of drug-likeness (QED) is 0.163. The average molecular weight is 642 g/mol. The van der Waals surface area contributed by atoms with E-state index in [-0.39, 0.29) is 18.0 Å². The summed E-state index contributed by atoms with van der Waals surface area (Å²) in [7, 11) is 0. The molecule has 8 nitrogen and oxygen atoms in total. The molecule has 10 heteroatoms. The molecule has 232 valence electrons. The molecule has 0 aliphatic carbocycles. The Morgan fingerprint density at radius 3 is 2.45 bits per heavy atom. The van der Waals surface area contributed by atoms with Gasteiger partial charge in [-0.15, -0.1) is 5.10 Å². The summed E-state index contributed by atoms with van der Waals surface area (Å²) in [5.41, 5.74) is 4.21. The predicted molar refractivity (Wildman–Crippen MR) is 182 cm³/mol. The Balaban J connectivity index is 1.21. The fourth-order valence-corrected chi connectivity index (χ4v) is 5.92. The lowest BCUT2D eigenvalue weighted by atomic mass is 10.1. The SMILES string of the molecule is CCOc1ccc(/C=C/c2nc3s/c(=C\c4cn(-c5ccccc5)nc4-c4cccc(OCc5ccccc5F)c4)c(=O)n3n2)cc1.